The van der Waals surface area contributed by atoms with Crippen molar-refractivity contribution in [1.82, 2.24) is 19.9 Å². The smallest absolute Gasteiger partial charge is 0.319 e. The maximum atomic E-state index is 16.8. The Morgan fingerprint density at radius 2 is 2.00 bits per heavy atom. The van der Waals surface area contributed by atoms with Gasteiger partial charge in [-0.1, -0.05) is 19.9 Å². The maximum Gasteiger partial charge on any atom is 0.319 e. The normalized spacial score (nSPS) is 25.3. The predicted octanol–water partition coefficient (Wildman–Crippen LogP) is 5.32. The minimum Gasteiger partial charge on any atom is -0.508 e. The van der Waals surface area contributed by atoms with E-state index in [1.54, 1.807) is 6.07 Å². The lowest BCUT2D eigenvalue weighted by Crippen LogP contribution is -2.44. The number of aromatic nitrogens is 3. The van der Waals surface area contributed by atoms with Crippen molar-refractivity contribution in [2.75, 3.05) is 50.9 Å². The van der Waals surface area contributed by atoms with E-state index in [9.17, 15) is 19.0 Å². The molecule has 5 heterocycles. The lowest BCUT2D eigenvalue weighted by Gasteiger charge is -2.32. The number of aliphatic hydroxyl groups is 1. The minimum absolute atomic E-state index is 0.0725. The molecule has 244 valence electrons. The summed E-state index contributed by atoms with van der Waals surface area (Å²) in [5, 5.41) is 23.1. The molecule has 46 heavy (non-hydrogen) atoms. The number of pyridine rings is 1. The van der Waals surface area contributed by atoms with E-state index in [0.717, 1.165) is 19.4 Å². The topological polar surface area (TPSA) is 104 Å². The molecule has 12 heteroatoms. The van der Waals surface area contributed by atoms with Crippen molar-refractivity contribution in [3.05, 3.63) is 47.7 Å². The number of nitrogens with zero attached hydrogens (tertiary/aromatic N) is 5. The summed E-state index contributed by atoms with van der Waals surface area (Å²) in [5.41, 5.74) is -1.20. The summed E-state index contributed by atoms with van der Waals surface area (Å²) in [7, 11) is 0. The number of benzene rings is 2. The molecule has 7 rings (SSSR count). The summed E-state index contributed by atoms with van der Waals surface area (Å²) in [6.07, 6.45) is 3.36. The summed E-state index contributed by atoms with van der Waals surface area (Å²) < 4.78 is 58.2. The Balaban J connectivity index is 1.39. The average Bonchev–Trinajstić information content (AvgIpc) is 3.49. The fraction of sp³-hybridized carbons (Fsp3) is 0.500. The molecule has 3 atom stereocenters. The highest BCUT2D eigenvalue weighted by Gasteiger charge is 2.49. The van der Waals surface area contributed by atoms with Crippen LogP contribution in [-0.2, 0) is 11.2 Å². The Kier molecular flexibility index (Phi) is 7.93. The first kappa shape index (κ1) is 30.9. The molecule has 2 N–H and O–H groups in total. The standard InChI is InChI=1S/C34H38F3N5O4/c1-3-23-26(36)7-6-20-12-22(43)13-24(27(20)23)29-28(37)30-25(15-38-29)31(41-10-11-45-19-34(44,4-2)17-41)40-32(39-30)46-18-33-8-5-9-42(33)16-21(35)14-33/h6-7,12-13,15,21,43-44H,3-5,8-11,14,16-19H2,1-2H3/t21-,33+,34?/m1/s1. The second kappa shape index (κ2) is 11.8. The summed E-state index contributed by atoms with van der Waals surface area (Å²) in [5.74, 6) is -1.01. The molecule has 0 saturated carbocycles. The second-order valence-electron chi connectivity index (χ2n) is 12.9. The van der Waals surface area contributed by atoms with E-state index in [0.29, 0.717) is 66.5 Å². The van der Waals surface area contributed by atoms with Gasteiger partial charge in [-0.25, -0.2) is 13.2 Å². The number of alkyl halides is 1. The number of β-amino-alcohol motifs (C(OH)–C–C–N with tert-alkyl or cyclic N) is 1. The highest BCUT2D eigenvalue weighted by Crippen LogP contribution is 2.42. The molecule has 0 spiro atoms. The van der Waals surface area contributed by atoms with Crippen molar-refractivity contribution in [3.8, 4) is 23.0 Å². The van der Waals surface area contributed by atoms with Gasteiger partial charge in [0, 0.05) is 31.3 Å². The van der Waals surface area contributed by atoms with Crippen LogP contribution >= 0.6 is 0 Å². The molecule has 3 aliphatic heterocycles. The van der Waals surface area contributed by atoms with Crippen LogP contribution in [0.1, 0.15) is 45.1 Å². The van der Waals surface area contributed by atoms with Gasteiger partial charge in [-0.05, 0) is 66.8 Å². The van der Waals surface area contributed by atoms with Gasteiger partial charge in [0.15, 0.2) is 5.82 Å². The average molecular weight is 638 g/mol. The van der Waals surface area contributed by atoms with Gasteiger partial charge in [0.2, 0.25) is 0 Å². The molecular weight excluding hydrogens is 599 g/mol. The lowest BCUT2D eigenvalue weighted by atomic mass is 9.94. The van der Waals surface area contributed by atoms with Crippen LogP contribution in [-0.4, -0.2) is 93.4 Å². The van der Waals surface area contributed by atoms with Crippen LogP contribution < -0.4 is 9.64 Å². The van der Waals surface area contributed by atoms with Crippen molar-refractivity contribution in [2.45, 2.75) is 63.3 Å². The number of fused-ring (bicyclic) bond motifs is 3. The van der Waals surface area contributed by atoms with Crippen molar-refractivity contribution in [2.24, 2.45) is 0 Å². The van der Waals surface area contributed by atoms with Gasteiger partial charge in [0.25, 0.3) is 0 Å². The van der Waals surface area contributed by atoms with Crippen molar-refractivity contribution in [1.29, 1.82) is 0 Å². The number of hydrogen-bond donors (Lipinski definition) is 2. The van der Waals surface area contributed by atoms with Crippen LogP contribution in [0.5, 0.6) is 11.8 Å². The number of phenols is 1. The van der Waals surface area contributed by atoms with Gasteiger partial charge in [-0.2, -0.15) is 9.97 Å². The monoisotopic (exact) mass is 637 g/mol. The van der Waals surface area contributed by atoms with E-state index < -0.39 is 28.9 Å². The van der Waals surface area contributed by atoms with E-state index in [1.165, 1.54) is 24.4 Å². The van der Waals surface area contributed by atoms with E-state index >= 15 is 4.39 Å². The summed E-state index contributed by atoms with van der Waals surface area (Å²) in [6, 6.07) is 5.70. The Morgan fingerprint density at radius 3 is 2.80 bits per heavy atom. The Labute approximate surface area is 265 Å². The number of hydrogen-bond acceptors (Lipinski definition) is 9. The molecule has 3 saturated heterocycles. The van der Waals surface area contributed by atoms with Gasteiger partial charge >= 0.3 is 6.01 Å². The van der Waals surface area contributed by atoms with Gasteiger partial charge in [0.05, 0.1) is 30.7 Å². The zero-order chi connectivity index (χ0) is 32.2. The highest BCUT2D eigenvalue weighted by molar-refractivity contribution is 6.01. The molecule has 2 aromatic carbocycles. The van der Waals surface area contributed by atoms with E-state index in [-0.39, 0.29) is 48.3 Å². The summed E-state index contributed by atoms with van der Waals surface area (Å²) >= 11 is 0. The van der Waals surface area contributed by atoms with Crippen molar-refractivity contribution >= 4 is 27.5 Å². The Hall–Kier alpha value is -3.74. The highest BCUT2D eigenvalue weighted by atomic mass is 19.1. The van der Waals surface area contributed by atoms with E-state index in [2.05, 4.69) is 14.9 Å². The maximum absolute atomic E-state index is 16.8. The number of aryl methyl sites for hydroxylation is 1. The van der Waals surface area contributed by atoms with Crippen LogP contribution in [0, 0.1) is 11.6 Å². The number of rotatable bonds is 7. The third-order valence-corrected chi connectivity index (χ3v) is 9.96. The number of phenolic OH excluding ortho intramolecular Hbond substituents is 1. The molecule has 0 aliphatic carbocycles. The Bertz CT molecular complexity index is 1810. The van der Waals surface area contributed by atoms with Gasteiger partial charge in [0.1, 0.15) is 47.0 Å². The third kappa shape index (κ3) is 5.29. The first-order valence-corrected chi connectivity index (χ1v) is 16.0. The molecule has 0 radical (unpaired) electrons. The molecular formula is C34H38F3N5O4. The van der Waals surface area contributed by atoms with Crippen molar-refractivity contribution < 1.29 is 32.9 Å². The van der Waals surface area contributed by atoms with Crippen molar-refractivity contribution in [3.63, 3.8) is 0 Å². The number of ether oxygens (including phenoxy) is 2. The first-order valence-electron chi connectivity index (χ1n) is 16.0. The largest absolute Gasteiger partial charge is 0.508 e. The van der Waals surface area contributed by atoms with Crippen LogP contribution in [0.3, 0.4) is 0 Å². The predicted molar refractivity (Wildman–Crippen MR) is 168 cm³/mol. The number of anilines is 1. The SMILES string of the molecule is CCc1c(F)ccc2cc(O)cc(-c3ncc4c(N5CCOCC(O)(CC)C5)nc(OC[C@@]56CCCN5C[C@H](F)C6)nc4c3F)c12. The van der Waals surface area contributed by atoms with Crippen LogP contribution in [0.15, 0.2) is 30.5 Å². The zero-order valence-corrected chi connectivity index (χ0v) is 26.0. The fourth-order valence-corrected chi connectivity index (χ4v) is 7.51. The molecule has 3 aliphatic rings. The molecule has 0 amide bonds. The minimum atomic E-state index is -1.16. The Morgan fingerprint density at radius 1 is 1.15 bits per heavy atom. The van der Waals surface area contributed by atoms with E-state index in [1.807, 2.05) is 18.7 Å². The van der Waals surface area contributed by atoms with Gasteiger partial charge in [-0.15, -0.1) is 0 Å². The van der Waals surface area contributed by atoms with Gasteiger partial charge in [-0.3, -0.25) is 9.88 Å². The molecule has 9 nitrogen and oxygen atoms in total. The molecule has 3 fully saturated rings. The molecule has 0 bridgehead atoms. The van der Waals surface area contributed by atoms with Crippen LogP contribution in [0.25, 0.3) is 32.9 Å². The molecule has 2 aromatic heterocycles. The summed E-state index contributed by atoms with van der Waals surface area (Å²) in [6.45, 7) is 5.98. The molecule has 4 aromatic rings. The zero-order valence-electron chi connectivity index (χ0n) is 26.0. The summed E-state index contributed by atoms with van der Waals surface area (Å²) in [4.78, 5) is 17.7. The molecule has 1 unspecified atom stereocenters. The van der Waals surface area contributed by atoms with Crippen LogP contribution in [0.2, 0.25) is 0 Å². The van der Waals surface area contributed by atoms with E-state index in [4.69, 9.17) is 14.5 Å². The second-order valence-corrected chi connectivity index (χ2v) is 12.9. The number of halogens is 3. The van der Waals surface area contributed by atoms with Gasteiger partial charge < -0.3 is 24.6 Å². The quantitative estimate of drug-likeness (QED) is 0.279. The first-order chi connectivity index (χ1) is 22.1. The number of aromatic hydroxyl groups is 1. The van der Waals surface area contributed by atoms with Crippen LogP contribution in [0.4, 0.5) is 19.0 Å². The third-order valence-electron chi connectivity index (χ3n) is 9.96. The lowest BCUT2D eigenvalue weighted by molar-refractivity contribution is -0.0284. The fourth-order valence-electron chi connectivity index (χ4n) is 7.51.